The zero-order valence-electron chi connectivity index (χ0n) is 17.5. The maximum absolute atomic E-state index is 12.6. The summed E-state index contributed by atoms with van der Waals surface area (Å²) in [6.07, 6.45) is 15.5. The Labute approximate surface area is 156 Å². The molecule has 0 spiro atoms. The normalized spacial score (nSPS) is 12.7. The van der Waals surface area contributed by atoms with Gasteiger partial charge in [0.25, 0.3) is 0 Å². The Balaban J connectivity index is 3.08. The molecule has 3 heteroatoms. The summed E-state index contributed by atoms with van der Waals surface area (Å²) in [7, 11) is 0. The molecule has 1 nitrogen and oxygen atoms in total. The van der Waals surface area contributed by atoms with Crippen LogP contribution in [0.15, 0.2) is 0 Å². The highest BCUT2D eigenvalue weighted by Crippen LogP contribution is 2.21. The lowest BCUT2D eigenvalue weighted by Gasteiger charge is -2.17. The molecule has 0 aliphatic carbocycles. The van der Waals surface area contributed by atoms with Crippen molar-refractivity contribution in [1.29, 1.82) is 0 Å². The summed E-state index contributed by atoms with van der Waals surface area (Å²) < 4.78 is 31.0. The summed E-state index contributed by atoms with van der Waals surface area (Å²) >= 11 is 0. The summed E-state index contributed by atoms with van der Waals surface area (Å²) in [4.78, 5) is 0. The molecule has 152 valence electrons. The van der Waals surface area contributed by atoms with Crippen molar-refractivity contribution in [3.8, 4) is 0 Å². The second-order valence-electron chi connectivity index (χ2n) is 8.99. The van der Waals surface area contributed by atoms with Crippen molar-refractivity contribution in [2.75, 3.05) is 13.2 Å². The summed E-state index contributed by atoms with van der Waals surface area (Å²) in [6.45, 7) is 9.59. The van der Waals surface area contributed by atoms with E-state index in [9.17, 15) is 8.78 Å². The van der Waals surface area contributed by atoms with E-state index in [0.29, 0.717) is 11.8 Å². The lowest BCUT2D eigenvalue weighted by atomic mass is 9.93. The van der Waals surface area contributed by atoms with Gasteiger partial charge >= 0.3 is 0 Å². The van der Waals surface area contributed by atoms with E-state index in [0.717, 1.165) is 39.4 Å². The SMILES string of the molecule is CC(C)(C)CCOCCCCCCCCCCCCCCC(C)(F)F. The van der Waals surface area contributed by atoms with E-state index >= 15 is 0 Å². The van der Waals surface area contributed by atoms with Gasteiger partial charge in [-0.3, -0.25) is 0 Å². The van der Waals surface area contributed by atoms with Gasteiger partial charge in [-0.2, -0.15) is 0 Å². The smallest absolute Gasteiger partial charge is 0.245 e. The van der Waals surface area contributed by atoms with Gasteiger partial charge < -0.3 is 4.74 Å². The van der Waals surface area contributed by atoms with Crippen LogP contribution in [-0.2, 0) is 4.74 Å². The van der Waals surface area contributed by atoms with Gasteiger partial charge in [0.15, 0.2) is 0 Å². The van der Waals surface area contributed by atoms with E-state index in [1.165, 1.54) is 57.8 Å². The molecule has 0 aromatic rings. The molecule has 0 bridgehead atoms. The summed E-state index contributed by atoms with van der Waals surface area (Å²) in [6, 6.07) is 0. The van der Waals surface area contributed by atoms with Crippen molar-refractivity contribution >= 4 is 0 Å². The first-order valence-corrected chi connectivity index (χ1v) is 10.7. The average molecular weight is 363 g/mol. The van der Waals surface area contributed by atoms with Crippen LogP contribution >= 0.6 is 0 Å². The Morgan fingerprint density at radius 1 is 0.520 bits per heavy atom. The van der Waals surface area contributed by atoms with Crippen molar-refractivity contribution in [2.45, 2.75) is 124 Å². The van der Waals surface area contributed by atoms with Gasteiger partial charge in [-0.05, 0) is 31.6 Å². The molecule has 0 N–H and O–H groups in total. The van der Waals surface area contributed by atoms with Gasteiger partial charge in [-0.25, -0.2) is 8.78 Å². The molecule has 0 radical (unpaired) electrons. The number of hydrogen-bond acceptors (Lipinski definition) is 1. The van der Waals surface area contributed by atoms with Crippen LogP contribution in [0.4, 0.5) is 8.78 Å². The molecule has 0 heterocycles. The minimum Gasteiger partial charge on any atom is -0.381 e. The molecule has 0 fully saturated rings. The van der Waals surface area contributed by atoms with Crippen molar-refractivity contribution in [2.24, 2.45) is 5.41 Å². The fraction of sp³-hybridized carbons (Fsp3) is 1.00. The van der Waals surface area contributed by atoms with Crippen LogP contribution in [-0.4, -0.2) is 19.1 Å². The molecule has 0 aromatic carbocycles. The molecule has 0 amide bonds. The van der Waals surface area contributed by atoms with E-state index in [2.05, 4.69) is 20.8 Å². The van der Waals surface area contributed by atoms with E-state index in [1.807, 2.05) is 0 Å². The second kappa shape index (κ2) is 14.9. The quantitative estimate of drug-likeness (QED) is 0.237. The highest BCUT2D eigenvalue weighted by Gasteiger charge is 2.19. The maximum atomic E-state index is 12.6. The maximum Gasteiger partial charge on any atom is 0.245 e. The molecule has 0 unspecified atom stereocenters. The van der Waals surface area contributed by atoms with Crippen LogP contribution in [0, 0.1) is 5.41 Å². The number of ether oxygens (including phenoxy) is 1. The molecule has 0 rings (SSSR count). The fourth-order valence-corrected chi connectivity index (χ4v) is 2.89. The number of unbranched alkanes of at least 4 members (excludes halogenated alkanes) is 11. The van der Waals surface area contributed by atoms with Gasteiger partial charge in [0.05, 0.1) is 0 Å². The van der Waals surface area contributed by atoms with Crippen LogP contribution in [0.5, 0.6) is 0 Å². The summed E-state index contributed by atoms with van der Waals surface area (Å²) in [5.41, 5.74) is 0.379. The van der Waals surface area contributed by atoms with Gasteiger partial charge in [-0.15, -0.1) is 0 Å². The number of rotatable bonds is 17. The van der Waals surface area contributed by atoms with E-state index in [1.54, 1.807) is 0 Å². The highest BCUT2D eigenvalue weighted by atomic mass is 19.3. The number of halogens is 2. The predicted molar refractivity (Wildman–Crippen MR) is 106 cm³/mol. The van der Waals surface area contributed by atoms with E-state index in [4.69, 9.17) is 4.74 Å². The molecule has 0 saturated heterocycles. The molecule has 0 aromatic heterocycles. The van der Waals surface area contributed by atoms with E-state index < -0.39 is 5.92 Å². The van der Waals surface area contributed by atoms with Crippen LogP contribution < -0.4 is 0 Å². The van der Waals surface area contributed by atoms with Crippen molar-refractivity contribution in [1.82, 2.24) is 0 Å². The van der Waals surface area contributed by atoms with Gasteiger partial charge in [0, 0.05) is 19.6 Å². The zero-order valence-corrected chi connectivity index (χ0v) is 17.5. The molecule has 0 atom stereocenters. The third-order valence-corrected chi connectivity index (χ3v) is 4.65. The first kappa shape index (κ1) is 24.8. The first-order valence-electron chi connectivity index (χ1n) is 10.7. The van der Waals surface area contributed by atoms with Crippen LogP contribution in [0.2, 0.25) is 0 Å². The largest absolute Gasteiger partial charge is 0.381 e. The average Bonchev–Trinajstić information content (AvgIpc) is 2.48. The third-order valence-electron chi connectivity index (χ3n) is 4.65. The second-order valence-corrected chi connectivity index (χ2v) is 8.99. The highest BCUT2D eigenvalue weighted by molar-refractivity contribution is 4.60. The Hall–Kier alpha value is -0.180. The number of alkyl halides is 2. The van der Waals surface area contributed by atoms with Gasteiger partial charge in [0.2, 0.25) is 5.92 Å². The molecule has 0 aliphatic heterocycles. The Kier molecular flexibility index (Phi) is 14.8. The van der Waals surface area contributed by atoms with Gasteiger partial charge in [0.1, 0.15) is 0 Å². The number of hydrogen-bond donors (Lipinski definition) is 0. The Bertz CT molecular complexity index is 251. The van der Waals surface area contributed by atoms with Crippen LogP contribution in [0.25, 0.3) is 0 Å². The van der Waals surface area contributed by atoms with Crippen molar-refractivity contribution in [3.63, 3.8) is 0 Å². The topological polar surface area (TPSA) is 9.23 Å². The molecular formula is C22H44F2O. The standard InChI is InChI=1S/C22H44F2O/c1-21(2,3)18-20-25-19-16-14-12-10-8-6-5-7-9-11-13-15-17-22(4,23)24/h5-20H2,1-4H3. The summed E-state index contributed by atoms with van der Waals surface area (Å²) in [5.74, 6) is -2.47. The predicted octanol–water partition coefficient (Wildman–Crippen LogP) is 8.17. The Morgan fingerprint density at radius 3 is 1.32 bits per heavy atom. The van der Waals surface area contributed by atoms with Crippen molar-refractivity contribution < 1.29 is 13.5 Å². The van der Waals surface area contributed by atoms with Crippen molar-refractivity contribution in [3.05, 3.63) is 0 Å². The monoisotopic (exact) mass is 362 g/mol. The summed E-state index contributed by atoms with van der Waals surface area (Å²) in [5, 5.41) is 0. The van der Waals surface area contributed by atoms with Crippen LogP contribution in [0.1, 0.15) is 118 Å². The Morgan fingerprint density at radius 2 is 0.920 bits per heavy atom. The minimum atomic E-state index is -2.47. The molecule has 25 heavy (non-hydrogen) atoms. The molecular weight excluding hydrogens is 318 g/mol. The minimum absolute atomic E-state index is 0.0502. The fourth-order valence-electron chi connectivity index (χ4n) is 2.89. The molecule has 0 saturated carbocycles. The lowest BCUT2D eigenvalue weighted by Crippen LogP contribution is -2.09. The van der Waals surface area contributed by atoms with Gasteiger partial charge in [-0.1, -0.05) is 85.0 Å². The lowest BCUT2D eigenvalue weighted by molar-refractivity contribution is 0.0103. The van der Waals surface area contributed by atoms with E-state index in [-0.39, 0.29) is 6.42 Å². The third kappa shape index (κ3) is 23.8. The zero-order chi connectivity index (χ0) is 19.0. The van der Waals surface area contributed by atoms with Crippen LogP contribution in [0.3, 0.4) is 0 Å². The first-order chi connectivity index (χ1) is 11.7. The molecule has 0 aliphatic rings.